The molecule has 1 fully saturated rings. The van der Waals surface area contributed by atoms with Gasteiger partial charge in [0.15, 0.2) is 0 Å². The van der Waals surface area contributed by atoms with Gasteiger partial charge in [0.2, 0.25) is 11.6 Å². The molecule has 110 valence electrons. The first-order valence-corrected chi connectivity index (χ1v) is 7.22. The van der Waals surface area contributed by atoms with Gasteiger partial charge in [-0.1, -0.05) is 25.7 Å². The van der Waals surface area contributed by atoms with Crippen LogP contribution in [0.5, 0.6) is 0 Å². The maximum atomic E-state index is 11.3. The average molecular weight is 279 g/mol. The average Bonchev–Trinajstić information content (AvgIpc) is 2.67. The summed E-state index contributed by atoms with van der Waals surface area (Å²) >= 11 is 0. The maximum Gasteiger partial charge on any atom is 0.353 e. The van der Waals surface area contributed by atoms with Crippen molar-refractivity contribution in [3.63, 3.8) is 0 Å². The minimum atomic E-state index is -0.420. The molecule has 20 heavy (non-hydrogen) atoms. The Morgan fingerprint density at radius 3 is 2.50 bits per heavy atom. The molecule has 0 radical (unpaired) electrons. The number of hydrogen-bond donors (Lipinski definition) is 2. The smallest absolute Gasteiger partial charge is 0.353 e. The summed E-state index contributed by atoms with van der Waals surface area (Å²) in [6.07, 6.45) is 8.26. The highest BCUT2D eigenvalue weighted by atomic mass is 16.6. The zero-order valence-electron chi connectivity index (χ0n) is 11.8. The molecule has 0 spiro atoms. The summed E-state index contributed by atoms with van der Waals surface area (Å²) in [5.41, 5.74) is -0.0569. The van der Waals surface area contributed by atoms with E-state index in [0.717, 1.165) is 25.7 Å². The molecule has 1 saturated carbocycles. The van der Waals surface area contributed by atoms with Crippen LogP contribution in [0, 0.1) is 10.1 Å². The molecule has 2 N–H and O–H groups in total. The van der Waals surface area contributed by atoms with Gasteiger partial charge < -0.3 is 10.6 Å². The Morgan fingerprint density at radius 2 is 1.90 bits per heavy atom. The summed E-state index contributed by atoms with van der Waals surface area (Å²) in [5, 5.41) is 17.4. The van der Waals surface area contributed by atoms with E-state index >= 15 is 0 Å². The van der Waals surface area contributed by atoms with E-state index in [2.05, 4.69) is 20.6 Å². The van der Waals surface area contributed by atoms with Crippen molar-refractivity contribution < 1.29 is 4.92 Å². The lowest BCUT2D eigenvalue weighted by atomic mass is 10.1. The number of nitrogens with one attached hydrogen (secondary N) is 2. The standard InChI is InChI=1S/C13H21N5O2/c1-2-14-12-11(18(19)20)13(16-9-15-12)17-10-7-5-3-4-6-8-10/h9-10H,2-8H2,1H3,(H2,14,15,16,17). The Bertz CT molecular complexity index is 458. The van der Waals surface area contributed by atoms with Crippen molar-refractivity contribution in [2.45, 2.75) is 51.5 Å². The molecule has 1 heterocycles. The van der Waals surface area contributed by atoms with Crippen molar-refractivity contribution in [1.82, 2.24) is 9.97 Å². The molecule has 1 aliphatic rings. The third-order valence-corrected chi connectivity index (χ3v) is 3.55. The van der Waals surface area contributed by atoms with Crippen molar-refractivity contribution in [3.05, 3.63) is 16.4 Å². The van der Waals surface area contributed by atoms with Crippen LogP contribution in [0.3, 0.4) is 0 Å². The lowest BCUT2D eigenvalue weighted by Crippen LogP contribution is -2.20. The molecule has 0 bridgehead atoms. The number of hydrogen-bond acceptors (Lipinski definition) is 6. The predicted molar refractivity (Wildman–Crippen MR) is 78.0 cm³/mol. The number of anilines is 2. The van der Waals surface area contributed by atoms with Crippen LogP contribution in [-0.2, 0) is 0 Å². The van der Waals surface area contributed by atoms with Gasteiger partial charge in [0.05, 0.1) is 4.92 Å². The largest absolute Gasteiger partial charge is 0.364 e. The van der Waals surface area contributed by atoms with Crippen LogP contribution in [0.2, 0.25) is 0 Å². The van der Waals surface area contributed by atoms with Crippen LogP contribution >= 0.6 is 0 Å². The van der Waals surface area contributed by atoms with Crippen molar-refractivity contribution in [2.24, 2.45) is 0 Å². The Hall–Kier alpha value is -1.92. The predicted octanol–water partition coefficient (Wildman–Crippen LogP) is 2.95. The molecule has 0 amide bonds. The lowest BCUT2D eigenvalue weighted by molar-refractivity contribution is -0.383. The molecule has 2 rings (SSSR count). The van der Waals surface area contributed by atoms with Crippen LogP contribution in [0.1, 0.15) is 45.4 Å². The highest BCUT2D eigenvalue weighted by Gasteiger charge is 2.24. The summed E-state index contributed by atoms with van der Waals surface area (Å²) in [6, 6.07) is 0.264. The molecule has 0 aliphatic heterocycles. The zero-order chi connectivity index (χ0) is 14.4. The van der Waals surface area contributed by atoms with Crippen LogP contribution in [0.4, 0.5) is 17.3 Å². The third-order valence-electron chi connectivity index (χ3n) is 3.55. The van der Waals surface area contributed by atoms with Gasteiger partial charge in [0.25, 0.3) is 0 Å². The molecule has 0 saturated heterocycles. The van der Waals surface area contributed by atoms with Crippen LogP contribution < -0.4 is 10.6 Å². The second-order valence-electron chi connectivity index (χ2n) is 5.04. The Balaban J connectivity index is 2.21. The number of nitrogens with zero attached hydrogens (tertiary/aromatic N) is 3. The van der Waals surface area contributed by atoms with E-state index in [9.17, 15) is 10.1 Å². The van der Waals surface area contributed by atoms with Gasteiger partial charge in [-0.05, 0) is 19.8 Å². The normalized spacial score (nSPS) is 16.4. The van der Waals surface area contributed by atoms with Gasteiger partial charge in [0.1, 0.15) is 6.33 Å². The van der Waals surface area contributed by atoms with Crippen LogP contribution in [0.25, 0.3) is 0 Å². The van der Waals surface area contributed by atoms with E-state index in [4.69, 9.17) is 0 Å². The molecule has 1 aromatic heterocycles. The first-order chi connectivity index (χ1) is 9.72. The zero-order valence-corrected chi connectivity index (χ0v) is 11.8. The molecule has 0 unspecified atom stereocenters. The van der Waals surface area contributed by atoms with Crippen molar-refractivity contribution in [2.75, 3.05) is 17.2 Å². The Labute approximate surface area is 118 Å². The molecular weight excluding hydrogens is 258 g/mol. The first-order valence-electron chi connectivity index (χ1n) is 7.22. The minimum Gasteiger partial charge on any atom is -0.364 e. The van der Waals surface area contributed by atoms with E-state index in [1.165, 1.54) is 19.2 Å². The van der Waals surface area contributed by atoms with Gasteiger partial charge in [0, 0.05) is 12.6 Å². The second-order valence-corrected chi connectivity index (χ2v) is 5.04. The van der Waals surface area contributed by atoms with Gasteiger partial charge >= 0.3 is 5.69 Å². The number of aromatic nitrogens is 2. The fourth-order valence-electron chi connectivity index (χ4n) is 2.57. The number of nitro groups is 1. The fraction of sp³-hybridized carbons (Fsp3) is 0.692. The summed E-state index contributed by atoms with van der Waals surface area (Å²) in [6.45, 7) is 2.46. The second kappa shape index (κ2) is 7.02. The van der Waals surface area contributed by atoms with E-state index in [0.29, 0.717) is 12.4 Å². The summed E-state index contributed by atoms with van der Waals surface area (Å²) in [5.74, 6) is 0.608. The Kier molecular flexibility index (Phi) is 5.09. The molecule has 7 heteroatoms. The van der Waals surface area contributed by atoms with Crippen LogP contribution in [0.15, 0.2) is 6.33 Å². The van der Waals surface area contributed by atoms with Crippen molar-refractivity contribution >= 4 is 17.3 Å². The van der Waals surface area contributed by atoms with Crippen molar-refractivity contribution in [1.29, 1.82) is 0 Å². The lowest BCUT2D eigenvalue weighted by Gasteiger charge is -2.17. The highest BCUT2D eigenvalue weighted by molar-refractivity contribution is 5.69. The van der Waals surface area contributed by atoms with Gasteiger partial charge in [-0.2, -0.15) is 0 Å². The van der Waals surface area contributed by atoms with Gasteiger partial charge in [-0.15, -0.1) is 0 Å². The molecule has 7 nitrogen and oxygen atoms in total. The molecule has 1 aliphatic carbocycles. The molecular formula is C13H21N5O2. The summed E-state index contributed by atoms with van der Waals surface area (Å²) < 4.78 is 0. The Morgan fingerprint density at radius 1 is 1.25 bits per heavy atom. The van der Waals surface area contributed by atoms with Gasteiger partial charge in [-0.3, -0.25) is 10.1 Å². The van der Waals surface area contributed by atoms with Crippen LogP contribution in [-0.4, -0.2) is 27.5 Å². The minimum absolute atomic E-state index is 0.0569. The van der Waals surface area contributed by atoms with E-state index in [-0.39, 0.29) is 17.5 Å². The van der Waals surface area contributed by atoms with Crippen molar-refractivity contribution in [3.8, 4) is 0 Å². The maximum absolute atomic E-state index is 11.3. The summed E-state index contributed by atoms with van der Waals surface area (Å²) in [4.78, 5) is 18.9. The SMILES string of the molecule is CCNc1ncnc(NC2CCCCCC2)c1[N+](=O)[O-]. The van der Waals surface area contributed by atoms with E-state index < -0.39 is 4.92 Å². The van der Waals surface area contributed by atoms with E-state index in [1.54, 1.807) is 0 Å². The molecule has 0 aromatic carbocycles. The summed E-state index contributed by atoms with van der Waals surface area (Å²) in [7, 11) is 0. The molecule has 1 aromatic rings. The quantitative estimate of drug-likeness (QED) is 0.489. The third kappa shape index (κ3) is 3.55. The first kappa shape index (κ1) is 14.5. The van der Waals surface area contributed by atoms with Gasteiger partial charge in [-0.25, -0.2) is 9.97 Å². The molecule has 0 atom stereocenters. The fourth-order valence-corrected chi connectivity index (χ4v) is 2.57. The topological polar surface area (TPSA) is 93.0 Å². The van der Waals surface area contributed by atoms with E-state index in [1.807, 2.05) is 6.92 Å². The monoisotopic (exact) mass is 279 g/mol. The number of rotatable bonds is 5. The highest BCUT2D eigenvalue weighted by Crippen LogP contribution is 2.30.